The summed E-state index contributed by atoms with van der Waals surface area (Å²) in [5.41, 5.74) is 4.61. The van der Waals surface area contributed by atoms with Gasteiger partial charge in [0.15, 0.2) is 0 Å². The molecule has 0 amide bonds. The molecule has 3 rings (SSSR count). The molecule has 192 valence electrons. The molecule has 0 saturated heterocycles. The SMILES string of the molecule is CCCCCCCCCCN(C)CCCCCn1c(-c2ccc(O)cc2)c(C)c2cc(O)ccc21. The van der Waals surface area contributed by atoms with Crippen LogP contribution in [-0.4, -0.2) is 39.8 Å². The minimum absolute atomic E-state index is 0.280. The van der Waals surface area contributed by atoms with Crippen LogP contribution in [0.4, 0.5) is 0 Å². The van der Waals surface area contributed by atoms with E-state index in [-0.39, 0.29) is 5.75 Å². The van der Waals surface area contributed by atoms with Gasteiger partial charge in [0.25, 0.3) is 0 Å². The molecule has 0 fully saturated rings. The first-order chi connectivity index (χ1) is 17.0. The number of aromatic nitrogens is 1. The summed E-state index contributed by atoms with van der Waals surface area (Å²) in [5.74, 6) is 0.581. The van der Waals surface area contributed by atoms with Crippen molar-refractivity contribution in [3.05, 3.63) is 48.0 Å². The number of hydrogen-bond donors (Lipinski definition) is 2. The fourth-order valence-corrected chi connectivity index (χ4v) is 5.19. The standard InChI is InChI=1S/C31H46N2O2/c1-4-5-6-7-8-9-10-12-21-32(3)22-13-11-14-23-33-30-20-19-28(35)24-29(30)25(2)31(33)26-15-17-27(34)18-16-26/h15-20,24,34-35H,4-14,21-23H2,1-3H3. The zero-order chi connectivity index (χ0) is 25.0. The highest BCUT2D eigenvalue weighted by atomic mass is 16.3. The average Bonchev–Trinajstić information content (AvgIpc) is 3.12. The highest BCUT2D eigenvalue weighted by Gasteiger charge is 2.16. The van der Waals surface area contributed by atoms with Gasteiger partial charge < -0.3 is 19.7 Å². The van der Waals surface area contributed by atoms with Gasteiger partial charge >= 0.3 is 0 Å². The maximum absolute atomic E-state index is 10.0. The fraction of sp³-hybridized carbons (Fsp3) is 0.548. The van der Waals surface area contributed by atoms with Crippen LogP contribution < -0.4 is 0 Å². The van der Waals surface area contributed by atoms with E-state index >= 15 is 0 Å². The van der Waals surface area contributed by atoms with Gasteiger partial charge in [-0.05, 0) is 99.9 Å². The molecule has 1 heterocycles. The van der Waals surface area contributed by atoms with Gasteiger partial charge in [-0.1, -0.05) is 58.3 Å². The second-order valence-electron chi connectivity index (χ2n) is 10.2. The third-order valence-corrected chi connectivity index (χ3v) is 7.26. The number of hydrogen-bond acceptors (Lipinski definition) is 3. The lowest BCUT2D eigenvalue weighted by atomic mass is 10.1. The van der Waals surface area contributed by atoms with E-state index in [0.717, 1.165) is 29.4 Å². The maximum Gasteiger partial charge on any atom is 0.116 e. The molecule has 0 radical (unpaired) electrons. The van der Waals surface area contributed by atoms with E-state index in [1.165, 1.54) is 88.6 Å². The summed E-state index contributed by atoms with van der Waals surface area (Å²) in [6.07, 6.45) is 14.6. The molecular formula is C31H46N2O2. The Morgan fingerprint density at radius 2 is 1.29 bits per heavy atom. The van der Waals surface area contributed by atoms with Crippen LogP contribution in [0.25, 0.3) is 22.2 Å². The van der Waals surface area contributed by atoms with E-state index in [4.69, 9.17) is 0 Å². The lowest BCUT2D eigenvalue weighted by Gasteiger charge is -2.17. The Balaban J connectivity index is 1.47. The maximum atomic E-state index is 10.0. The molecule has 2 N–H and O–H groups in total. The zero-order valence-electron chi connectivity index (χ0n) is 22.2. The fourth-order valence-electron chi connectivity index (χ4n) is 5.19. The van der Waals surface area contributed by atoms with Crippen LogP contribution in [0.5, 0.6) is 11.5 Å². The molecule has 4 heteroatoms. The van der Waals surface area contributed by atoms with Gasteiger partial charge in [0.1, 0.15) is 11.5 Å². The molecule has 3 aromatic rings. The minimum atomic E-state index is 0.280. The molecule has 2 aromatic carbocycles. The third kappa shape index (κ3) is 8.03. The summed E-state index contributed by atoms with van der Waals surface area (Å²) in [5, 5.41) is 20.9. The first-order valence-electron chi connectivity index (χ1n) is 13.8. The number of phenolic OH excluding ortho intramolecular Hbond substituents is 2. The number of rotatable bonds is 16. The molecule has 0 unspecified atom stereocenters. The smallest absolute Gasteiger partial charge is 0.116 e. The monoisotopic (exact) mass is 478 g/mol. The first-order valence-corrected chi connectivity index (χ1v) is 13.8. The second kappa shape index (κ2) is 14.2. The second-order valence-corrected chi connectivity index (χ2v) is 10.2. The van der Waals surface area contributed by atoms with E-state index in [1.807, 2.05) is 24.3 Å². The molecule has 0 saturated carbocycles. The van der Waals surface area contributed by atoms with Crippen molar-refractivity contribution in [1.29, 1.82) is 0 Å². The van der Waals surface area contributed by atoms with E-state index in [1.54, 1.807) is 18.2 Å². The van der Waals surface area contributed by atoms with Gasteiger partial charge in [-0.25, -0.2) is 0 Å². The molecule has 1 aromatic heterocycles. The van der Waals surface area contributed by atoms with Crippen LogP contribution >= 0.6 is 0 Å². The summed E-state index contributed by atoms with van der Waals surface area (Å²) < 4.78 is 2.39. The first kappa shape index (κ1) is 27.1. The number of fused-ring (bicyclic) bond motifs is 1. The largest absolute Gasteiger partial charge is 0.508 e. The lowest BCUT2D eigenvalue weighted by molar-refractivity contribution is 0.314. The Bertz CT molecular complexity index is 1020. The molecule has 0 spiro atoms. The summed E-state index contributed by atoms with van der Waals surface area (Å²) in [6, 6.07) is 13.1. The molecule has 0 bridgehead atoms. The van der Waals surface area contributed by atoms with Crippen LogP contribution in [0.3, 0.4) is 0 Å². The quantitative estimate of drug-likeness (QED) is 0.204. The molecule has 35 heavy (non-hydrogen) atoms. The van der Waals surface area contributed by atoms with Crippen LogP contribution in [0, 0.1) is 6.92 Å². The average molecular weight is 479 g/mol. The van der Waals surface area contributed by atoms with Crippen molar-refractivity contribution in [2.45, 2.75) is 91.0 Å². The highest BCUT2D eigenvalue weighted by molar-refractivity contribution is 5.92. The summed E-state index contributed by atoms with van der Waals surface area (Å²) >= 11 is 0. The van der Waals surface area contributed by atoms with Crippen LogP contribution in [0.2, 0.25) is 0 Å². The lowest BCUT2D eigenvalue weighted by Crippen LogP contribution is -2.21. The summed E-state index contributed by atoms with van der Waals surface area (Å²) in [4.78, 5) is 2.50. The van der Waals surface area contributed by atoms with Gasteiger partial charge in [0.05, 0.1) is 5.69 Å². The van der Waals surface area contributed by atoms with Crippen molar-refractivity contribution in [1.82, 2.24) is 9.47 Å². The molecule has 4 nitrogen and oxygen atoms in total. The number of aryl methyl sites for hydroxylation is 2. The minimum Gasteiger partial charge on any atom is -0.508 e. The molecule has 0 atom stereocenters. The molecule has 0 aliphatic heterocycles. The zero-order valence-corrected chi connectivity index (χ0v) is 22.2. The summed E-state index contributed by atoms with van der Waals surface area (Å²) in [6.45, 7) is 7.74. The van der Waals surface area contributed by atoms with Crippen molar-refractivity contribution in [2.75, 3.05) is 20.1 Å². The van der Waals surface area contributed by atoms with Crippen LogP contribution in [-0.2, 0) is 6.54 Å². The van der Waals surface area contributed by atoms with Crippen molar-refractivity contribution in [2.24, 2.45) is 0 Å². The number of phenols is 2. The van der Waals surface area contributed by atoms with E-state index in [2.05, 4.69) is 30.4 Å². The predicted molar refractivity (Wildman–Crippen MR) is 149 cm³/mol. The van der Waals surface area contributed by atoms with Crippen molar-refractivity contribution in [3.63, 3.8) is 0 Å². The molecule has 0 aliphatic rings. The van der Waals surface area contributed by atoms with E-state index in [0.29, 0.717) is 5.75 Å². The van der Waals surface area contributed by atoms with Gasteiger partial charge in [0, 0.05) is 17.4 Å². The number of benzene rings is 2. The molecule has 0 aliphatic carbocycles. The topological polar surface area (TPSA) is 48.6 Å². The van der Waals surface area contributed by atoms with Crippen LogP contribution in [0.15, 0.2) is 42.5 Å². The number of aromatic hydroxyl groups is 2. The molecular weight excluding hydrogens is 432 g/mol. The number of unbranched alkanes of at least 4 members (excludes halogenated alkanes) is 9. The van der Waals surface area contributed by atoms with Gasteiger partial charge in [-0.3, -0.25) is 0 Å². The number of nitrogens with zero attached hydrogens (tertiary/aromatic N) is 2. The Hall–Kier alpha value is -2.46. The van der Waals surface area contributed by atoms with Gasteiger partial charge in [0.2, 0.25) is 0 Å². The van der Waals surface area contributed by atoms with Crippen molar-refractivity contribution >= 4 is 10.9 Å². The third-order valence-electron chi connectivity index (χ3n) is 7.26. The van der Waals surface area contributed by atoms with E-state index in [9.17, 15) is 10.2 Å². The predicted octanol–water partition coefficient (Wildman–Crippen LogP) is 8.27. The highest BCUT2D eigenvalue weighted by Crippen LogP contribution is 2.36. The van der Waals surface area contributed by atoms with Crippen molar-refractivity contribution in [3.8, 4) is 22.8 Å². The Labute approximate surface area is 212 Å². The van der Waals surface area contributed by atoms with Gasteiger partial charge in [-0.15, -0.1) is 0 Å². The van der Waals surface area contributed by atoms with Crippen molar-refractivity contribution < 1.29 is 10.2 Å². The Morgan fingerprint density at radius 1 is 0.714 bits per heavy atom. The summed E-state index contributed by atoms with van der Waals surface area (Å²) in [7, 11) is 2.26. The van der Waals surface area contributed by atoms with Gasteiger partial charge in [-0.2, -0.15) is 0 Å². The normalized spacial score (nSPS) is 11.7. The van der Waals surface area contributed by atoms with Crippen LogP contribution in [0.1, 0.15) is 83.1 Å². The Morgan fingerprint density at radius 3 is 1.94 bits per heavy atom. The van der Waals surface area contributed by atoms with E-state index < -0.39 is 0 Å². The Kier molecular flexibility index (Phi) is 11.0.